The van der Waals surface area contributed by atoms with Gasteiger partial charge in [0.2, 0.25) is 0 Å². The Morgan fingerprint density at radius 2 is 1.86 bits per heavy atom. The first-order valence-corrected chi connectivity index (χ1v) is 7.58. The predicted molar refractivity (Wildman–Crippen MR) is 85.6 cm³/mol. The maximum atomic E-state index is 13.4. The average Bonchev–Trinajstić information content (AvgIpc) is 2.47. The van der Waals surface area contributed by atoms with Gasteiger partial charge in [0.15, 0.2) is 0 Å². The maximum absolute atomic E-state index is 13.4. The molecule has 2 aromatic rings. The molecule has 0 atom stereocenters. The van der Waals surface area contributed by atoms with Crippen LogP contribution in [0.4, 0.5) is 4.39 Å². The molecule has 21 heavy (non-hydrogen) atoms. The minimum atomic E-state index is -0.412. The van der Waals surface area contributed by atoms with Crippen LogP contribution in [0.1, 0.15) is 29.8 Å². The van der Waals surface area contributed by atoms with Crippen molar-refractivity contribution in [3.05, 3.63) is 69.9 Å². The Bertz CT molecular complexity index is 628. The van der Waals surface area contributed by atoms with Crippen molar-refractivity contribution in [2.24, 2.45) is 0 Å². The number of amides is 1. The van der Waals surface area contributed by atoms with E-state index in [0.29, 0.717) is 16.6 Å². The molecule has 0 aliphatic rings. The zero-order valence-corrected chi connectivity index (χ0v) is 13.6. The third-order valence-electron chi connectivity index (χ3n) is 3.24. The molecule has 0 radical (unpaired) electrons. The van der Waals surface area contributed by atoms with Gasteiger partial charge in [0.1, 0.15) is 5.82 Å². The molecule has 2 nitrogen and oxygen atoms in total. The van der Waals surface area contributed by atoms with E-state index >= 15 is 0 Å². The summed E-state index contributed by atoms with van der Waals surface area (Å²) >= 11 is 3.32. The first-order chi connectivity index (χ1) is 9.99. The van der Waals surface area contributed by atoms with E-state index in [1.54, 1.807) is 11.0 Å². The monoisotopic (exact) mass is 349 g/mol. The van der Waals surface area contributed by atoms with Gasteiger partial charge in [-0.05, 0) is 53.5 Å². The zero-order chi connectivity index (χ0) is 15.4. The van der Waals surface area contributed by atoms with E-state index < -0.39 is 5.82 Å². The fourth-order valence-corrected chi connectivity index (χ4v) is 2.50. The van der Waals surface area contributed by atoms with Crippen LogP contribution in [0.15, 0.2) is 53.0 Å². The molecule has 2 rings (SSSR count). The number of benzene rings is 2. The normalized spacial score (nSPS) is 10.7. The molecule has 0 fully saturated rings. The lowest BCUT2D eigenvalue weighted by molar-refractivity contribution is 0.0689. The summed E-state index contributed by atoms with van der Waals surface area (Å²) in [7, 11) is 0. The minimum absolute atomic E-state index is 0.0212. The largest absolute Gasteiger partial charge is 0.332 e. The van der Waals surface area contributed by atoms with Crippen LogP contribution in [-0.4, -0.2) is 16.8 Å². The lowest BCUT2D eigenvalue weighted by Crippen LogP contribution is -2.36. The number of rotatable bonds is 4. The van der Waals surface area contributed by atoms with Crippen molar-refractivity contribution in [3.8, 4) is 0 Å². The lowest BCUT2D eigenvalue weighted by atomic mass is 10.1. The van der Waals surface area contributed by atoms with Gasteiger partial charge in [0, 0.05) is 17.1 Å². The quantitative estimate of drug-likeness (QED) is 0.787. The molecular formula is C17H17BrFNO. The lowest BCUT2D eigenvalue weighted by Gasteiger charge is -2.27. The van der Waals surface area contributed by atoms with Crippen LogP contribution < -0.4 is 0 Å². The summed E-state index contributed by atoms with van der Waals surface area (Å²) in [6, 6.07) is 14.0. The first-order valence-electron chi connectivity index (χ1n) is 6.79. The van der Waals surface area contributed by atoms with E-state index in [0.717, 1.165) is 5.56 Å². The van der Waals surface area contributed by atoms with Gasteiger partial charge in [-0.15, -0.1) is 0 Å². The van der Waals surface area contributed by atoms with E-state index in [1.807, 2.05) is 44.2 Å². The van der Waals surface area contributed by atoms with Crippen molar-refractivity contribution in [1.82, 2.24) is 4.90 Å². The summed E-state index contributed by atoms with van der Waals surface area (Å²) in [5.74, 6) is -0.592. The average molecular weight is 350 g/mol. The van der Waals surface area contributed by atoms with E-state index in [4.69, 9.17) is 0 Å². The topological polar surface area (TPSA) is 20.3 Å². The molecular weight excluding hydrogens is 333 g/mol. The van der Waals surface area contributed by atoms with Crippen molar-refractivity contribution >= 4 is 21.8 Å². The van der Waals surface area contributed by atoms with Crippen molar-refractivity contribution in [3.63, 3.8) is 0 Å². The molecule has 0 saturated heterocycles. The van der Waals surface area contributed by atoms with Crippen molar-refractivity contribution in [1.29, 1.82) is 0 Å². The van der Waals surface area contributed by atoms with E-state index in [2.05, 4.69) is 15.9 Å². The molecule has 1 amide bonds. The van der Waals surface area contributed by atoms with Crippen LogP contribution in [0.5, 0.6) is 0 Å². The molecule has 0 saturated carbocycles. The molecule has 0 aliphatic heterocycles. The first kappa shape index (κ1) is 15.7. The Hall–Kier alpha value is -1.68. The Balaban J connectivity index is 2.30. The van der Waals surface area contributed by atoms with Gasteiger partial charge in [-0.1, -0.05) is 30.3 Å². The second kappa shape index (κ2) is 6.85. The fourth-order valence-electron chi connectivity index (χ4n) is 2.09. The number of carbonyl (C=O) groups excluding carboxylic acids is 1. The molecule has 0 spiro atoms. The van der Waals surface area contributed by atoms with Gasteiger partial charge in [-0.3, -0.25) is 4.79 Å². The number of hydrogen-bond donors (Lipinski definition) is 0. The summed E-state index contributed by atoms with van der Waals surface area (Å²) < 4.78 is 14.0. The molecule has 0 bridgehead atoms. The highest BCUT2D eigenvalue weighted by molar-refractivity contribution is 9.10. The van der Waals surface area contributed by atoms with Gasteiger partial charge < -0.3 is 4.90 Å². The smallest absolute Gasteiger partial charge is 0.255 e. The highest BCUT2D eigenvalue weighted by Crippen LogP contribution is 2.22. The summed E-state index contributed by atoms with van der Waals surface area (Å²) in [5, 5.41) is 0. The third kappa shape index (κ3) is 3.91. The number of carbonyl (C=O) groups is 1. The van der Waals surface area contributed by atoms with Gasteiger partial charge in [0.05, 0.1) is 5.56 Å². The SMILES string of the molecule is CC(C)N(Cc1ccccc1)C(=O)c1cc(F)ccc1Br. The maximum Gasteiger partial charge on any atom is 0.255 e. The highest BCUT2D eigenvalue weighted by Gasteiger charge is 2.21. The second-order valence-corrected chi connectivity index (χ2v) is 5.99. The number of hydrogen-bond acceptors (Lipinski definition) is 1. The van der Waals surface area contributed by atoms with Crippen LogP contribution in [0, 0.1) is 5.82 Å². The molecule has 0 aromatic heterocycles. The van der Waals surface area contributed by atoms with Crippen LogP contribution in [0.25, 0.3) is 0 Å². The Morgan fingerprint density at radius 1 is 1.19 bits per heavy atom. The second-order valence-electron chi connectivity index (χ2n) is 5.14. The summed E-state index contributed by atoms with van der Waals surface area (Å²) in [4.78, 5) is 14.4. The fraction of sp³-hybridized carbons (Fsp3) is 0.235. The minimum Gasteiger partial charge on any atom is -0.332 e. The molecule has 110 valence electrons. The van der Waals surface area contributed by atoms with E-state index in [9.17, 15) is 9.18 Å². The predicted octanol–water partition coefficient (Wildman–Crippen LogP) is 4.64. The molecule has 4 heteroatoms. The molecule has 2 aromatic carbocycles. The summed E-state index contributed by atoms with van der Waals surface area (Å²) in [6.07, 6.45) is 0. The standard InChI is InChI=1S/C17H17BrFNO/c1-12(2)20(11-13-6-4-3-5-7-13)17(21)15-10-14(19)8-9-16(15)18/h3-10,12H,11H2,1-2H3. The summed E-state index contributed by atoms with van der Waals surface area (Å²) in [6.45, 7) is 4.41. The van der Waals surface area contributed by atoms with Crippen LogP contribution >= 0.6 is 15.9 Å². The molecule has 0 N–H and O–H groups in total. The van der Waals surface area contributed by atoms with Gasteiger partial charge in [0.25, 0.3) is 5.91 Å². The highest BCUT2D eigenvalue weighted by atomic mass is 79.9. The van der Waals surface area contributed by atoms with Gasteiger partial charge >= 0.3 is 0 Å². The Labute approximate surface area is 132 Å². The summed E-state index contributed by atoms with van der Waals surface area (Å²) in [5.41, 5.74) is 1.40. The van der Waals surface area contributed by atoms with Crippen LogP contribution in [0.3, 0.4) is 0 Å². The molecule has 0 heterocycles. The number of halogens is 2. The van der Waals surface area contributed by atoms with Crippen LogP contribution in [0.2, 0.25) is 0 Å². The van der Waals surface area contributed by atoms with Crippen molar-refractivity contribution in [2.75, 3.05) is 0 Å². The molecule has 0 aliphatic carbocycles. The molecule has 0 unspecified atom stereocenters. The van der Waals surface area contributed by atoms with Crippen LogP contribution in [-0.2, 0) is 6.54 Å². The van der Waals surface area contributed by atoms with Gasteiger partial charge in [-0.25, -0.2) is 4.39 Å². The Kier molecular flexibility index (Phi) is 5.12. The van der Waals surface area contributed by atoms with E-state index in [-0.39, 0.29) is 11.9 Å². The Morgan fingerprint density at radius 3 is 2.48 bits per heavy atom. The zero-order valence-electron chi connectivity index (χ0n) is 12.0. The van der Waals surface area contributed by atoms with Crippen molar-refractivity contribution < 1.29 is 9.18 Å². The van der Waals surface area contributed by atoms with Crippen molar-refractivity contribution in [2.45, 2.75) is 26.4 Å². The number of nitrogens with zero attached hydrogens (tertiary/aromatic N) is 1. The third-order valence-corrected chi connectivity index (χ3v) is 3.93. The van der Waals surface area contributed by atoms with Gasteiger partial charge in [-0.2, -0.15) is 0 Å². The van der Waals surface area contributed by atoms with E-state index in [1.165, 1.54) is 12.1 Å².